The third-order valence-electron chi connectivity index (χ3n) is 3.34. The van der Waals surface area contributed by atoms with Gasteiger partial charge < -0.3 is 15.2 Å². The first kappa shape index (κ1) is 16.2. The average Bonchev–Trinajstić information content (AvgIpc) is 2.39. The van der Waals surface area contributed by atoms with E-state index in [1.807, 2.05) is 6.92 Å². The predicted molar refractivity (Wildman–Crippen MR) is 79.5 cm³/mol. The molecule has 3 nitrogen and oxygen atoms in total. The molecule has 0 aromatic heterocycles. The van der Waals surface area contributed by atoms with Gasteiger partial charge in [-0.3, -0.25) is 0 Å². The lowest BCUT2D eigenvalue weighted by molar-refractivity contribution is 0.0510. The number of hydrogen-bond acceptors (Lipinski definition) is 3. The molecule has 3 heteroatoms. The van der Waals surface area contributed by atoms with Gasteiger partial charge in [-0.2, -0.15) is 0 Å². The molecule has 0 spiro atoms. The molecule has 0 aliphatic heterocycles. The van der Waals surface area contributed by atoms with Gasteiger partial charge in [-0.05, 0) is 37.4 Å². The fourth-order valence-corrected chi connectivity index (χ4v) is 2.08. The Morgan fingerprint density at radius 3 is 2.37 bits per heavy atom. The van der Waals surface area contributed by atoms with E-state index in [9.17, 15) is 5.11 Å². The molecule has 1 unspecified atom stereocenters. The van der Waals surface area contributed by atoms with Crippen molar-refractivity contribution in [2.45, 2.75) is 38.7 Å². The van der Waals surface area contributed by atoms with Crippen molar-refractivity contribution in [1.29, 1.82) is 0 Å². The predicted octanol–water partition coefficient (Wildman–Crippen LogP) is 2.17. The molecular weight excluding hydrogens is 238 g/mol. The molecule has 0 fully saturated rings. The quantitative estimate of drug-likeness (QED) is 0.672. The SMILES string of the molecule is CCc1ccc(CC(C)(O)CCNCCOC)cc1. The van der Waals surface area contributed by atoms with Crippen LogP contribution in [0.2, 0.25) is 0 Å². The van der Waals surface area contributed by atoms with E-state index in [-0.39, 0.29) is 0 Å². The summed E-state index contributed by atoms with van der Waals surface area (Å²) in [6.07, 6.45) is 2.50. The highest BCUT2D eigenvalue weighted by atomic mass is 16.5. The van der Waals surface area contributed by atoms with E-state index >= 15 is 0 Å². The topological polar surface area (TPSA) is 41.5 Å². The lowest BCUT2D eigenvalue weighted by Gasteiger charge is -2.23. The first-order valence-corrected chi connectivity index (χ1v) is 7.07. The van der Waals surface area contributed by atoms with Gasteiger partial charge in [0.15, 0.2) is 0 Å². The molecule has 0 aliphatic rings. The zero-order valence-electron chi connectivity index (χ0n) is 12.4. The molecule has 108 valence electrons. The van der Waals surface area contributed by atoms with E-state index in [0.29, 0.717) is 13.0 Å². The summed E-state index contributed by atoms with van der Waals surface area (Å²) in [4.78, 5) is 0. The van der Waals surface area contributed by atoms with Crippen LogP contribution in [0.3, 0.4) is 0 Å². The van der Waals surface area contributed by atoms with Gasteiger partial charge in [-0.1, -0.05) is 31.2 Å². The number of methoxy groups -OCH3 is 1. The van der Waals surface area contributed by atoms with E-state index in [1.165, 1.54) is 11.1 Å². The Hall–Kier alpha value is -0.900. The molecule has 19 heavy (non-hydrogen) atoms. The zero-order valence-corrected chi connectivity index (χ0v) is 12.4. The highest BCUT2D eigenvalue weighted by Gasteiger charge is 2.20. The van der Waals surface area contributed by atoms with Crippen LogP contribution in [-0.2, 0) is 17.6 Å². The van der Waals surface area contributed by atoms with E-state index in [2.05, 4.69) is 36.5 Å². The van der Waals surface area contributed by atoms with E-state index in [4.69, 9.17) is 4.74 Å². The molecule has 0 bridgehead atoms. The van der Waals surface area contributed by atoms with Crippen LogP contribution in [0.25, 0.3) is 0 Å². The second kappa shape index (κ2) is 8.31. The standard InChI is InChI=1S/C16H27NO2/c1-4-14-5-7-15(8-6-14)13-16(2,18)9-10-17-11-12-19-3/h5-8,17-18H,4,9-13H2,1-3H3. The fourth-order valence-electron chi connectivity index (χ4n) is 2.08. The Balaban J connectivity index is 2.35. The van der Waals surface area contributed by atoms with Crippen LogP contribution >= 0.6 is 0 Å². The van der Waals surface area contributed by atoms with Crippen molar-refractivity contribution in [1.82, 2.24) is 5.32 Å². The molecule has 1 atom stereocenters. The average molecular weight is 265 g/mol. The maximum atomic E-state index is 10.4. The molecule has 1 aromatic carbocycles. The number of benzene rings is 1. The fraction of sp³-hybridized carbons (Fsp3) is 0.625. The second-order valence-corrected chi connectivity index (χ2v) is 5.34. The molecule has 0 heterocycles. The summed E-state index contributed by atoms with van der Waals surface area (Å²) in [5.74, 6) is 0. The Morgan fingerprint density at radius 1 is 1.16 bits per heavy atom. The van der Waals surface area contributed by atoms with Gasteiger partial charge in [0.05, 0.1) is 12.2 Å². The number of nitrogens with one attached hydrogen (secondary N) is 1. The van der Waals surface area contributed by atoms with Gasteiger partial charge in [-0.15, -0.1) is 0 Å². The van der Waals surface area contributed by atoms with Crippen molar-refractivity contribution >= 4 is 0 Å². The molecule has 2 N–H and O–H groups in total. The van der Waals surface area contributed by atoms with Crippen LogP contribution in [0.4, 0.5) is 0 Å². The smallest absolute Gasteiger partial charge is 0.0672 e. The van der Waals surface area contributed by atoms with E-state index in [1.54, 1.807) is 7.11 Å². The summed E-state index contributed by atoms with van der Waals surface area (Å²) < 4.78 is 4.97. The van der Waals surface area contributed by atoms with Crippen LogP contribution < -0.4 is 5.32 Å². The molecule has 0 radical (unpaired) electrons. The Labute approximate surface area is 117 Å². The van der Waals surface area contributed by atoms with E-state index in [0.717, 1.165) is 25.9 Å². The number of aryl methyl sites for hydroxylation is 1. The van der Waals surface area contributed by atoms with Gasteiger partial charge in [0.2, 0.25) is 0 Å². The minimum atomic E-state index is -0.659. The van der Waals surface area contributed by atoms with Crippen LogP contribution in [0, 0.1) is 0 Å². The van der Waals surface area contributed by atoms with Gasteiger partial charge in [0, 0.05) is 20.1 Å². The summed E-state index contributed by atoms with van der Waals surface area (Å²) in [6.45, 7) is 6.40. The number of ether oxygens (including phenoxy) is 1. The van der Waals surface area contributed by atoms with Crippen molar-refractivity contribution in [2.24, 2.45) is 0 Å². The third kappa shape index (κ3) is 6.71. The highest BCUT2D eigenvalue weighted by molar-refractivity contribution is 5.23. The Bertz CT molecular complexity index is 346. The normalized spacial score (nSPS) is 14.3. The minimum Gasteiger partial charge on any atom is -0.390 e. The monoisotopic (exact) mass is 265 g/mol. The summed E-state index contributed by atoms with van der Waals surface area (Å²) >= 11 is 0. The maximum Gasteiger partial charge on any atom is 0.0672 e. The lowest BCUT2D eigenvalue weighted by Crippen LogP contribution is -2.33. The van der Waals surface area contributed by atoms with Crippen molar-refractivity contribution in [2.75, 3.05) is 26.8 Å². The molecule has 0 amide bonds. The maximum absolute atomic E-state index is 10.4. The number of hydrogen-bond donors (Lipinski definition) is 2. The molecule has 1 rings (SSSR count). The van der Waals surface area contributed by atoms with Crippen LogP contribution in [-0.4, -0.2) is 37.5 Å². The van der Waals surface area contributed by atoms with Gasteiger partial charge in [-0.25, -0.2) is 0 Å². The number of rotatable bonds is 9. The molecular formula is C16H27NO2. The van der Waals surface area contributed by atoms with Crippen LogP contribution in [0.15, 0.2) is 24.3 Å². The summed E-state index contributed by atoms with van der Waals surface area (Å²) in [7, 11) is 1.69. The number of aliphatic hydroxyl groups is 1. The molecule has 0 saturated carbocycles. The third-order valence-corrected chi connectivity index (χ3v) is 3.34. The van der Waals surface area contributed by atoms with E-state index < -0.39 is 5.60 Å². The van der Waals surface area contributed by atoms with Crippen molar-refractivity contribution in [3.63, 3.8) is 0 Å². The lowest BCUT2D eigenvalue weighted by atomic mass is 9.92. The highest BCUT2D eigenvalue weighted by Crippen LogP contribution is 2.17. The Kier molecular flexibility index (Phi) is 7.06. The first-order chi connectivity index (χ1) is 9.07. The largest absolute Gasteiger partial charge is 0.390 e. The Morgan fingerprint density at radius 2 is 1.79 bits per heavy atom. The molecule has 1 aromatic rings. The van der Waals surface area contributed by atoms with Crippen LogP contribution in [0.5, 0.6) is 0 Å². The molecule has 0 saturated heterocycles. The van der Waals surface area contributed by atoms with Crippen molar-refractivity contribution < 1.29 is 9.84 Å². The van der Waals surface area contributed by atoms with Crippen LogP contribution in [0.1, 0.15) is 31.4 Å². The van der Waals surface area contributed by atoms with Gasteiger partial charge >= 0.3 is 0 Å². The van der Waals surface area contributed by atoms with Crippen molar-refractivity contribution in [3.05, 3.63) is 35.4 Å². The molecule has 0 aliphatic carbocycles. The van der Waals surface area contributed by atoms with Gasteiger partial charge in [0.25, 0.3) is 0 Å². The summed E-state index contributed by atoms with van der Waals surface area (Å²) in [5.41, 5.74) is 1.87. The second-order valence-electron chi connectivity index (χ2n) is 5.34. The van der Waals surface area contributed by atoms with Gasteiger partial charge in [0.1, 0.15) is 0 Å². The minimum absolute atomic E-state index is 0.659. The first-order valence-electron chi connectivity index (χ1n) is 7.07. The summed E-state index contributed by atoms with van der Waals surface area (Å²) in [5, 5.41) is 13.6. The van der Waals surface area contributed by atoms with Crippen molar-refractivity contribution in [3.8, 4) is 0 Å². The summed E-state index contributed by atoms with van der Waals surface area (Å²) in [6, 6.07) is 8.52. The zero-order chi connectivity index (χ0) is 14.1.